The molecule has 3 heteroatoms. The maximum absolute atomic E-state index is 6.07. The van der Waals surface area contributed by atoms with Gasteiger partial charge in [-0.15, -0.1) is 0 Å². The molecule has 0 spiro atoms. The van der Waals surface area contributed by atoms with E-state index in [1.807, 2.05) is 18.2 Å². The minimum Gasteiger partial charge on any atom is -0.397 e. The van der Waals surface area contributed by atoms with E-state index in [2.05, 4.69) is 17.9 Å². The van der Waals surface area contributed by atoms with Gasteiger partial charge in [-0.2, -0.15) is 0 Å². The summed E-state index contributed by atoms with van der Waals surface area (Å²) in [5.41, 5.74) is 8.07. The minimum atomic E-state index is 0.551. The highest BCUT2D eigenvalue weighted by Crippen LogP contribution is 2.38. The Bertz CT molecular complexity index is 363. The molecule has 0 aliphatic heterocycles. The second kappa shape index (κ2) is 5.41. The van der Waals surface area contributed by atoms with Gasteiger partial charge in [-0.3, -0.25) is 0 Å². The second-order valence-electron chi connectivity index (χ2n) is 4.82. The van der Waals surface area contributed by atoms with Crippen LogP contribution in [-0.4, -0.2) is 26.3 Å². The second-order valence-corrected chi connectivity index (χ2v) is 4.82. The minimum absolute atomic E-state index is 0.551. The van der Waals surface area contributed by atoms with Crippen LogP contribution in [-0.2, 0) is 4.74 Å². The van der Waals surface area contributed by atoms with E-state index in [9.17, 15) is 0 Å². The Balaban J connectivity index is 2.16. The van der Waals surface area contributed by atoms with Crippen LogP contribution in [0.5, 0.6) is 0 Å². The summed E-state index contributed by atoms with van der Waals surface area (Å²) >= 11 is 0. The molecule has 0 amide bonds. The van der Waals surface area contributed by atoms with Crippen LogP contribution >= 0.6 is 0 Å². The summed E-state index contributed by atoms with van der Waals surface area (Å²) in [7, 11) is 1.74. The van der Waals surface area contributed by atoms with Crippen molar-refractivity contribution in [1.82, 2.24) is 0 Å². The zero-order chi connectivity index (χ0) is 12.3. The summed E-state index contributed by atoms with van der Waals surface area (Å²) in [6.07, 6.45) is 2.69. The third-order valence-corrected chi connectivity index (χ3v) is 3.58. The molecule has 0 bridgehead atoms. The van der Waals surface area contributed by atoms with Crippen LogP contribution in [0.25, 0.3) is 0 Å². The average Bonchev–Trinajstić information content (AvgIpc) is 3.15. The van der Waals surface area contributed by atoms with Crippen LogP contribution in [0.2, 0.25) is 0 Å². The van der Waals surface area contributed by atoms with E-state index < -0.39 is 0 Å². The summed E-state index contributed by atoms with van der Waals surface area (Å²) in [4.78, 5) is 2.39. The molecular weight excluding hydrogens is 212 g/mol. The van der Waals surface area contributed by atoms with Crippen LogP contribution in [0.15, 0.2) is 24.3 Å². The first-order valence-electron chi connectivity index (χ1n) is 6.34. The molecule has 2 N–H and O–H groups in total. The van der Waals surface area contributed by atoms with Crippen molar-refractivity contribution in [3.8, 4) is 0 Å². The van der Waals surface area contributed by atoms with Crippen molar-refractivity contribution < 1.29 is 4.74 Å². The lowest BCUT2D eigenvalue weighted by Gasteiger charge is -2.32. The van der Waals surface area contributed by atoms with Gasteiger partial charge in [0.15, 0.2) is 0 Å². The topological polar surface area (TPSA) is 38.5 Å². The van der Waals surface area contributed by atoms with Crippen molar-refractivity contribution in [2.24, 2.45) is 5.92 Å². The molecule has 1 saturated carbocycles. The van der Waals surface area contributed by atoms with Gasteiger partial charge in [0.05, 0.1) is 18.0 Å². The molecule has 2 rings (SSSR count). The normalized spacial score (nSPS) is 16.8. The zero-order valence-electron chi connectivity index (χ0n) is 10.7. The molecule has 1 aliphatic carbocycles. The fraction of sp³-hybridized carbons (Fsp3) is 0.571. The summed E-state index contributed by atoms with van der Waals surface area (Å²) < 4.78 is 5.20. The first-order valence-corrected chi connectivity index (χ1v) is 6.34. The maximum Gasteiger partial charge on any atom is 0.0637 e. The van der Waals surface area contributed by atoms with Crippen LogP contribution in [0.4, 0.5) is 11.4 Å². The van der Waals surface area contributed by atoms with E-state index in [1.54, 1.807) is 7.11 Å². The third kappa shape index (κ3) is 2.91. The smallest absolute Gasteiger partial charge is 0.0637 e. The molecule has 17 heavy (non-hydrogen) atoms. The molecule has 1 atom stereocenters. The van der Waals surface area contributed by atoms with Gasteiger partial charge < -0.3 is 15.4 Å². The molecule has 1 unspecified atom stereocenters. The lowest BCUT2D eigenvalue weighted by atomic mass is 10.1. The Morgan fingerprint density at radius 2 is 2.12 bits per heavy atom. The van der Waals surface area contributed by atoms with E-state index in [4.69, 9.17) is 10.5 Å². The number of benzene rings is 1. The highest BCUT2D eigenvalue weighted by Gasteiger charge is 2.32. The predicted molar refractivity (Wildman–Crippen MR) is 72.3 cm³/mol. The van der Waals surface area contributed by atoms with Gasteiger partial charge >= 0.3 is 0 Å². The van der Waals surface area contributed by atoms with Crippen LogP contribution in [0.3, 0.4) is 0 Å². The number of nitrogen functional groups attached to an aromatic ring is 1. The SMILES string of the molecule is COCCN(c1ccccc1N)C(C)C1CC1. The van der Waals surface area contributed by atoms with Gasteiger partial charge in [0.25, 0.3) is 0 Å². The maximum atomic E-state index is 6.07. The van der Waals surface area contributed by atoms with Gasteiger partial charge in [0.1, 0.15) is 0 Å². The van der Waals surface area contributed by atoms with Gasteiger partial charge in [-0.1, -0.05) is 12.1 Å². The van der Waals surface area contributed by atoms with E-state index >= 15 is 0 Å². The number of anilines is 2. The predicted octanol–water partition coefficient (Wildman–Crippen LogP) is 2.52. The molecule has 3 nitrogen and oxygen atoms in total. The van der Waals surface area contributed by atoms with E-state index in [0.717, 1.165) is 30.4 Å². The Morgan fingerprint density at radius 3 is 2.71 bits per heavy atom. The Labute approximate surface area is 104 Å². The van der Waals surface area contributed by atoms with E-state index in [-0.39, 0.29) is 0 Å². The van der Waals surface area contributed by atoms with Gasteiger partial charge in [-0.05, 0) is 37.8 Å². The largest absolute Gasteiger partial charge is 0.397 e. The number of nitrogens with two attached hydrogens (primary N) is 1. The van der Waals surface area contributed by atoms with Crippen molar-refractivity contribution in [2.45, 2.75) is 25.8 Å². The molecule has 0 aromatic heterocycles. The van der Waals surface area contributed by atoms with Crippen LogP contribution < -0.4 is 10.6 Å². The first kappa shape index (κ1) is 12.2. The Morgan fingerprint density at radius 1 is 1.41 bits per heavy atom. The zero-order valence-corrected chi connectivity index (χ0v) is 10.7. The third-order valence-electron chi connectivity index (χ3n) is 3.58. The lowest BCUT2D eigenvalue weighted by Crippen LogP contribution is -2.37. The van der Waals surface area contributed by atoms with Crippen molar-refractivity contribution in [3.63, 3.8) is 0 Å². The summed E-state index contributed by atoms with van der Waals surface area (Å²) in [5.74, 6) is 0.825. The molecular formula is C14H22N2O. The summed E-state index contributed by atoms with van der Waals surface area (Å²) in [6, 6.07) is 8.65. The fourth-order valence-electron chi connectivity index (χ4n) is 2.32. The van der Waals surface area contributed by atoms with Crippen molar-refractivity contribution in [2.75, 3.05) is 30.9 Å². The molecule has 0 saturated heterocycles. The number of nitrogens with zero attached hydrogens (tertiary/aromatic N) is 1. The van der Waals surface area contributed by atoms with Gasteiger partial charge in [0.2, 0.25) is 0 Å². The van der Waals surface area contributed by atoms with Crippen molar-refractivity contribution in [3.05, 3.63) is 24.3 Å². The van der Waals surface area contributed by atoms with E-state index in [1.165, 1.54) is 12.8 Å². The van der Waals surface area contributed by atoms with Crippen LogP contribution in [0.1, 0.15) is 19.8 Å². The summed E-state index contributed by atoms with van der Waals surface area (Å²) in [6.45, 7) is 3.94. The number of hydrogen-bond donors (Lipinski definition) is 1. The van der Waals surface area contributed by atoms with E-state index in [0.29, 0.717) is 6.04 Å². The molecule has 0 heterocycles. The standard InChI is InChI=1S/C14H22N2O/c1-11(12-7-8-12)16(9-10-17-2)14-6-4-3-5-13(14)15/h3-6,11-12H,7-10,15H2,1-2H3. The summed E-state index contributed by atoms with van der Waals surface area (Å²) in [5, 5.41) is 0. The average molecular weight is 234 g/mol. The first-order chi connectivity index (χ1) is 8.24. The van der Waals surface area contributed by atoms with Crippen molar-refractivity contribution in [1.29, 1.82) is 0 Å². The molecule has 1 aromatic carbocycles. The number of rotatable bonds is 6. The Hall–Kier alpha value is -1.22. The molecule has 1 aromatic rings. The van der Waals surface area contributed by atoms with Gasteiger partial charge in [-0.25, -0.2) is 0 Å². The van der Waals surface area contributed by atoms with Gasteiger partial charge in [0, 0.05) is 19.7 Å². The highest BCUT2D eigenvalue weighted by molar-refractivity contribution is 5.67. The fourth-order valence-corrected chi connectivity index (χ4v) is 2.32. The highest BCUT2D eigenvalue weighted by atomic mass is 16.5. The van der Waals surface area contributed by atoms with Crippen LogP contribution in [0, 0.1) is 5.92 Å². The number of methoxy groups -OCH3 is 1. The molecule has 94 valence electrons. The quantitative estimate of drug-likeness (QED) is 0.769. The molecule has 0 radical (unpaired) electrons. The number of ether oxygens (including phenoxy) is 1. The lowest BCUT2D eigenvalue weighted by molar-refractivity contribution is 0.203. The monoisotopic (exact) mass is 234 g/mol. The Kier molecular flexibility index (Phi) is 3.89. The number of para-hydroxylation sites is 2. The number of hydrogen-bond acceptors (Lipinski definition) is 3. The molecule has 1 fully saturated rings. The van der Waals surface area contributed by atoms with Crippen molar-refractivity contribution >= 4 is 11.4 Å². The molecule has 1 aliphatic rings.